The Morgan fingerprint density at radius 3 is 2.14 bits per heavy atom. The Bertz CT molecular complexity index is 214. The fraction of sp³-hybridized carbons (Fsp3) is 0.778. The number of rotatable bonds is 5. The maximum absolute atomic E-state index is 11.2. The molecule has 0 saturated carbocycles. The summed E-state index contributed by atoms with van der Waals surface area (Å²) in [5.74, 6) is -1.16. The smallest absolute Gasteiger partial charge is 0.305 e. The summed E-state index contributed by atoms with van der Waals surface area (Å²) in [6.07, 6.45) is -0.0733. The van der Waals surface area contributed by atoms with Gasteiger partial charge in [0.15, 0.2) is 0 Å². The zero-order valence-electron chi connectivity index (χ0n) is 8.78. The number of amides is 1. The first kappa shape index (κ1) is 12.9. The van der Waals surface area contributed by atoms with E-state index in [2.05, 4.69) is 5.32 Å². The minimum absolute atomic E-state index is 0.0733. The van der Waals surface area contributed by atoms with Crippen molar-refractivity contribution < 1.29 is 14.7 Å². The van der Waals surface area contributed by atoms with Crippen molar-refractivity contribution in [3.63, 3.8) is 0 Å². The molecule has 0 spiro atoms. The summed E-state index contributed by atoms with van der Waals surface area (Å²) in [5.41, 5.74) is 5.36. The first-order valence-electron chi connectivity index (χ1n) is 4.62. The van der Waals surface area contributed by atoms with Crippen LogP contribution in [0.3, 0.4) is 0 Å². The SMILES string of the molecule is CC(C)C(CC(=O)O)NC(=O)[C@@H](C)N. The predicted octanol–water partition coefficient (Wildman–Crippen LogP) is -0.0509. The number of carbonyl (C=O) groups is 2. The Hall–Kier alpha value is -1.10. The lowest BCUT2D eigenvalue weighted by Gasteiger charge is -2.21. The molecular formula is C9H18N2O3. The first-order chi connectivity index (χ1) is 6.34. The molecule has 1 unspecified atom stereocenters. The second-order valence-electron chi connectivity index (χ2n) is 3.75. The van der Waals surface area contributed by atoms with Gasteiger partial charge >= 0.3 is 5.97 Å². The molecule has 0 aromatic heterocycles. The fourth-order valence-electron chi connectivity index (χ4n) is 0.956. The number of nitrogens with two attached hydrogens (primary N) is 1. The van der Waals surface area contributed by atoms with Crippen LogP contribution >= 0.6 is 0 Å². The summed E-state index contributed by atoms with van der Waals surface area (Å²) in [5, 5.41) is 11.2. The Balaban J connectivity index is 4.23. The van der Waals surface area contributed by atoms with Crippen LogP contribution in [-0.2, 0) is 9.59 Å². The molecular weight excluding hydrogens is 184 g/mol. The molecule has 0 bridgehead atoms. The predicted molar refractivity (Wildman–Crippen MR) is 52.7 cm³/mol. The summed E-state index contributed by atoms with van der Waals surface area (Å²) >= 11 is 0. The van der Waals surface area contributed by atoms with E-state index in [0.717, 1.165) is 0 Å². The zero-order chi connectivity index (χ0) is 11.3. The number of nitrogens with one attached hydrogen (secondary N) is 1. The summed E-state index contributed by atoms with van der Waals surface area (Å²) in [4.78, 5) is 21.7. The van der Waals surface area contributed by atoms with Gasteiger partial charge in [-0.05, 0) is 12.8 Å². The van der Waals surface area contributed by atoms with E-state index in [-0.39, 0.29) is 24.3 Å². The van der Waals surface area contributed by atoms with Gasteiger partial charge in [-0.3, -0.25) is 9.59 Å². The average Bonchev–Trinajstić information content (AvgIpc) is 2.01. The molecule has 0 aromatic rings. The van der Waals surface area contributed by atoms with Crippen LogP contribution in [0.5, 0.6) is 0 Å². The van der Waals surface area contributed by atoms with Gasteiger partial charge in [-0.2, -0.15) is 0 Å². The van der Waals surface area contributed by atoms with E-state index in [9.17, 15) is 9.59 Å². The summed E-state index contributed by atoms with van der Waals surface area (Å²) < 4.78 is 0. The molecule has 0 heterocycles. The Morgan fingerprint density at radius 1 is 1.36 bits per heavy atom. The molecule has 0 aliphatic carbocycles. The molecule has 0 fully saturated rings. The number of carboxylic acid groups (broad SMARTS) is 1. The topological polar surface area (TPSA) is 92.4 Å². The van der Waals surface area contributed by atoms with Gasteiger partial charge < -0.3 is 16.2 Å². The lowest BCUT2D eigenvalue weighted by atomic mass is 10.0. The van der Waals surface area contributed by atoms with Crippen LogP contribution in [0.25, 0.3) is 0 Å². The van der Waals surface area contributed by atoms with E-state index in [1.807, 2.05) is 13.8 Å². The fourth-order valence-corrected chi connectivity index (χ4v) is 0.956. The third-order valence-corrected chi connectivity index (χ3v) is 1.94. The Labute approximate surface area is 83.7 Å². The highest BCUT2D eigenvalue weighted by molar-refractivity contribution is 5.82. The maximum atomic E-state index is 11.2. The molecule has 2 atom stereocenters. The van der Waals surface area contributed by atoms with Gasteiger partial charge in [0, 0.05) is 6.04 Å². The summed E-state index contributed by atoms with van der Waals surface area (Å²) in [7, 11) is 0. The zero-order valence-corrected chi connectivity index (χ0v) is 8.78. The molecule has 0 rings (SSSR count). The standard InChI is InChI=1S/C9H18N2O3/c1-5(2)7(4-8(12)13)11-9(14)6(3)10/h5-7H,4,10H2,1-3H3,(H,11,14)(H,12,13)/t6-,7?/m1/s1. The van der Waals surface area contributed by atoms with Crippen molar-refractivity contribution in [2.24, 2.45) is 11.7 Å². The van der Waals surface area contributed by atoms with Crippen LogP contribution in [0.15, 0.2) is 0 Å². The lowest BCUT2D eigenvalue weighted by molar-refractivity contribution is -0.138. The van der Waals surface area contributed by atoms with Gasteiger partial charge in [-0.25, -0.2) is 0 Å². The summed E-state index contributed by atoms with van der Waals surface area (Å²) in [6, 6.07) is -0.962. The van der Waals surface area contributed by atoms with E-state index in [1.54, 1.807) is 6.92 Å². The van der Waals surface area contributed by atoms with Gasteiger partial charge in [-0.15, -0.1) is 0 Å². The van der Waals surface area contributed by atoms with Crippen LogP contribution in [0.2, 0.25) is 0 Å². The van der Waals surface area contributed by atoms with E-state index in [4.69, 9.17) is 10.8 Å². The minimum Gasteiger partial charge on any atom is -0.481 e. The van der Waals surface area contributed by atoms with Crippen molar-refractivity contribution in [2.75, 3.05) is 0 Å². The summed E-state index contributed by atoms with van der Waals surface area (Å²) in [6.45, 7) is 5.28. The van der Waals surface area contributed by atoms with Crippen molar-refractivity contribution in [1.82, 2.24) is 5.32 Å². The minimum atomic E-state index is -0.923. The first-order valence-corrected chi connectivity index (χ1v) is 4.62. The second-order valence-corrected chi connectivity index (χ2v) is 3.75. The lowest BCUT2D eigenvalue weighted by Crippen LogP contribution is -2.46. The maximum Gasteiger partial charge on any atom is 0.305 e. The molecule has 5 heteroatoms. The largest absolute Gasteiger partial charge is 0.481 e. The van der Waals surface area contributed by atoms with Crippen LogP contribution in [0.4, 0.5) is 0 Å². The van der Waals surface area contributed by atoms with Gasteiger partial charge in [0.1, 0.15) is 0 Å². The molecule has 0 aliphatic heterocycles. The van der Waals surface area contributed by atoms with Crippen LogP contribution in [-0.4, -0.2) is 29.1 Å². The number of hydrogen-bond donors (Lipinski definition) is 3. The number of carboxylic acids is 1. The van der Waals surface area contributed by atoms with E-state index in [1.165, 1.54) is 0 Å². The monoisotopic (exact) mass is 202 g/mol. The molecule has 0 saturated heterocycles. The Morgan fingerprint density at radius 2 is 1.86 bits per heavy atom. The number of carbonyl (C=O) groups excluding carboxylic acids is 1. The van der Waals surface area contributed by atoms with Crippen molar-refractivity contribution in [3.05, 3.63) is 0 Å². The number of hydrogen-bond acceptors (Lipinski definition) is 3. The molecule has 4 N–H and O–H groups in total. The van der Waals surface area contributed by atoms with Crippen molar-refractivity contribution >= 4 is 11.9 Å². The highest BCUT2D eigenvalue weighted by Gasteiger charge is 2.20. The molecule has 14 heavy (non-hydrogen) atoms. The molecule has 5 nitrogen and oxygen atoms in total. The molecule has 0 radical (unpaired) electrons. The van der Waals surface area contributed by atoms with Crippen molar-refractivity contribution in [2.45, 2.75) is 39.3 Å². The van der Waals surface area contributed by atoms with E-state index < -0.39 is 12.0 Å². The van der Waals surface area contributed by atoms with Crippen molar-refractivity contribution in [3.8, 4) is 0 Å². The van der Waals surface area contributed by atoms with Crippen LogP contribution < -0.4 is 11.1 Å². The average molecular weight is 202 g/mol. The van der Waals surface area contributed by atoms with Gasteiger partial charge in [-0.1, -0.05) is 13.8 Å². The van der Waals surface area contributed by atoms with E-state index >= 15 is 0 Å². The number of aliphatic carboxylic acids is 1. The molecule has 82 valence electrons. The third kappa shape index (κ3) is 4.81. The highest BCUT2D eigenvalue weighted by atomic mass is 16.4. The normalized spacial score (nSPS) is 14.9. The van der Waals surface area contributed by atoms with Gasteiger partial charge in [0.05, 0.1) is 12.5 Å². The van der Waals surface area contributed by atoms with E-state index in [0.29, 0.717) is 0 Å². The molecule has 0 aromatic carbocycles. The quantitative estimate of drug-likeness (QED) is 0.582. The molecule has 1 amide bonds. The van der Waals surface area contributed by atoms with Crippen LogP contribution in [0.1, 0.15) is 27.2 Å². The van der Waals surface area contributed by atoms with Crippen LogP contribution in [0, 0.1) is 5.92 Å². The van der Waals surface area contributed by atoms with Gasteiger partial charge in [0.25, 0.3) is 0 Å². The van der Waals surface area contributed by atoms with Crippen molar-refractivity contribution in [1.29, 1.82) is 0 Å². The molecule has 0 aliphatic rings. The van der Waals surface area contributed by atoms with Gasteiger partial charge in [0.2, 0.25) is 5.91 Å². The Kier molecular flexibility index (Phi) is 5.15. The third-order valence-electron chi connectivity index (χ3n) is 1.94. The second kappa shape index (κ2) is 5.59. The highest BCUT2D eigenvalue weighted by Crippen LogP contribution is 2.06.